The number of benzene rings is 1. The molecule has 0 aliphatic carbocycles. The van der Waals surface area contributed by atoms with Crippen LogP contribution in [0.3, 0.4) is 0 Å². The smallest absolute Gasteiger partial charge is 0.137 e. The van der Waals surface area contributed by atoms with Crippen LogP contribution < -0.4 is 4.74 Å². The van der Waals surface area contributed by atoms with E-state index in [1.807, 2.05) is 42.5 Å². The number of aliphatic hydroxyl groups is 1. The first-order valence-electron chi connectivity index (χ1n) is 9.30. The maximum Gasteiger partial charge on any atom is 0.137 e. The summed E-state index contributed by atoms with van der Waals surface area (Å²) in [6.45, 7) is 3.87. The summed E-state index contributed by atoms with van der Waals surface area (Å²) in [5.74, 6) is 0.982. The number of aliphatic hydroxyl groups excluding tert-OH is 1. The molecule has 1 atom stereocenters. The molecule has 1 saturated heterocycles. The molecular formula is C21H25N3O3. The highest BCUT2D eigenvalue weighted by Crippen LogP contribution is 2.27. The Labute approximate surface area is 159 Å². The van der Waals surface area contributed by atoms with E-state index in [9.17, 15) is 5.11 Å². The summed E-state index contributed by atoms with van der Waals surface area (Å²) in [5.41, 5.74) is 4.13. The molecule has 4 rings (SSSR count). The Morgan fingerprint density at radius 3 is 2.85 bits per heavy atom. The molecule has 3 aromatic rings. The van der Waals surface area contributed by atoms with Crippen molar-refractivity contribution in [1.82, 2.24) is 14.3 Å². The van der Waals surface area contributed by atoms with E-state index in [0.29, 0.717) is 13.2 Å². The van der Waals surface area contributed by atoms with Crippen LogP contribution in [-0.2, 0) is 11.3 Å². The summed E-state index contributed by atoms with van der Waals surface area (Å²) in [6.07, 6.45) is 2.06. The van der Waals surface area contributed by atoms with Gasteiger partial charge in [0.2, 0.25) is 0 Å². The summed E-state index contributed by atoms with van der Waals surface area (Å²) in [4.78, 5) is 7.23. The molecule has 1 aliphatic rings. The molecule has 0 radical (unpaired) electrons. The van der Waals surface area contributed by atoms with Crippen molar-refractivity contribution in [3.63, 3.8) is 0 Å². The third-order valence-electron chi connectivity index (χ3n) is 5.05. The molecule has 2 aromatic heterocycles. The molecule has 1 fully saturated rings. The quantitative estimate of drug-likeness (QED) is 0.751. The normalized spacial score (nSPS) is 18.5. The zero-order chi connectivity index (χ0) is 18.6. The van der Waals surface area contributed by atoms with Gasteiger partial charge in [0.05, 0.1) is 31.7 Å². The van der Waals surface area contributed by atoms with Crippen LogP contribution in [0.15, 0.2) is 48.7 Å². The van der Waals surface area contributed by atoms with Gasteiger partial charge in [0, 0.05) is 43.9 Å². The van der Waals surface area contributed by atoms with Gasteiger partial charge in [-0.2, -0.15) is 0 Å². The standard InChI is InChI=1S/C21H25N3O3/c1-26-18-7-5-17(6-8-18)21-19(24-9-3-2-4-20(24)22-21)13-23-10-11-27-15-16(12-23)14-25/h2-9,16,25H,10-15H2,1H3/t16-/m0/s1. The Hall–Kier alpha value is -2.41. The SMILES string of the molecule is COc1ccc(-c2nc3ccccn3c2CN2CCOC[C@H](CO)C2)cc1. The number of hydrogen-bond donors (Lipinski definition) is 1. The van der Waals surface area contributed by atoms with Crippen LogP contribution in [0.25, 0.3) is 16.9 Å². The summed E-state index contributed by atoms with van der Waals surface area (Å²) >= 11 is 0. The molecule has 1 aliphatic heterocycles. The fourth-order valence-corrected chi connectivity index (χ4v) is 3.60. The van der Waals surface area contributed by atoms with Crippen molar-refractivity contribution < 1.29 is 14.6 Å². The van der Waals surface area contributed by atoms with Crippen LogP contribution in [-0.4, -0.2) is 59.4 Å². The van der Waals surface area contributed by atoms with E-state index in [4.69, 9.17) is 14.5 Å². The van der Waals surface area contributed by atoms with Crippen molar-refractivity contribution >= 4 is 5.65 Å². The number of imidazole rings is 1. The highest BCUT2D eigenvalue weighted by atomic mass is 16.5. The summed E-state index contributed by atoms with van der Waals surface area (Å²) in [5, 5.41) is 9.58. The van der Waals surface area contributed by atoms with Crippen molar-refractivity contribution in [3.8, 4) is 17.0 Å². The van der Waals surface area contributed by atoms with Crippen LogP contribution in [0.1, 0.15) is 5.69 Å². The number of rotatable bonds is 5. The van der Waals surface area contributed by atoms with Crippen molar-refractivity contribution in [2.24, 2.45) is 5.92 Å². The first-order chi connectivity index (χ1) is 13.3. The first-order valence-corrected chi connectivity index (χ1v) is 9.30. The molecule has 27 heavy (non-hydrogen) atoms. The molecule has 3 heterocycles. The monoisotopic (exact) mass is 367 g/mol. The molecule has 1 N–H and O–H groups in total. The molecule has 1 aromatic carbocycles. The van der Waals surface area contributed by atoms with Crippen LogP contribution in [0.4, 0.5) is 0 Å². The number of methoxy groups -OCH3 is 1. The zero-order valence-electron chi connectivity index (χ0n) is 15.5. The van der Waals surface area contributed by atoms with Gasteiger partial charge in [0.15, 0.2) is 0 Å². The molecule has 0 unspecified atom stereocenters. The summed E-state index contributed by atoms with van der Waals surface area (Å²) < 4.78 is 13.1. The third kappa shape index (κ3) is 3.83. The predicted octanol–water partition coefficient (Wildman–Crippen LogP) is 2.45. The molecule has 0 saturated carbocycles. The van der Waals surface area contributed by atoms with Crippen LogP contribution >= 0.6 is 0 Å². The van der Waals surface area contributed by atoms with Gasteiger partial charge in [-0.1, -0.05) is 6.07 Å². The lowest BCUT2D eigenvalue weighted by Gasteiger charge is -2.22. The number of fused-ring (bicyclic) bond motifs is 1. The van der Waals surface area contributed by atoms with Gasteiger partial charge in [0.1, 0.15) is 11.4 Å². The van der Waals surface area contributed by atoms with E-state index in [1.54, 1.807) is 7.11 Å². The minimum Gasteiger partial charge on any atom is -0.497 e. The van der Waals surface area contributed by atoms with Crippen LogP contribution in [0, 0.1) is 5.92 Å². The molecule has 6 nitrogen and oxygen atoms in total. The number of hydrogen-bond acceptors (Lipinski definition) is 5. The number of pyridine rings is 1. The molecule has 0 bridgehead atoms. The van der Waals surface area contributed by atoms with Crippen LogP contribution in [0.5, 0.6) is 5.75 Å². The predicted molar refractivity (Wildman–Crippen MR) is 104 cm³/mol. The van der Waals surface area contributed by atoms with Gasteiger partial charge in [-0.3, -0.25) is 4.90 Å². The molecule has 142 valence electrons. The topological polar surface area (TPSA) is 59.2 Å². The Balaban J connectivity index is 1.71. The first kappa shape index (κ1) is 18.0. The molecule has 6 heteroatoms. The lowest BCUT2D eigenvalue weighted by atomic mass is 10.1. The minimum absolute atomic E-state index is 0.148. The van der Waals surface area contributed by atoms with Crippen molar-refractivity contribution in [2.45, 2.75) is 6.54 Å². The largest absolute Gasteiger partial charge is 0.497 e. The minimum atomic E-state index is 0.148. The van der Waals surface area contributed by atoms with Crippen molar-refractivity contribution in [2.75, 3.05) is 40.0 Å². The van der Waals surface area contributed by atoms with Gasteiger partial charge in [-0.15, -0.1) is 0 Å². The Morgan fingerprint density at radius 2 is 2.07 bits per heavy atom. The molecule has 0 spiro atoms. The van der Waals surface area contributed by atoms with Crippen molar-refractivity contribution in [1.29, 1.82) is 0 Å². The van der Waals surface area contributed by atoms with Crippen LogP contribution in [0.2, 0.25) is 0 Å². The van der Waals surface area contributed by atoms with Gasteiger partial charge >= 0.3 is 0 Å². The van der Waals surface area contributed by atoms with E-state index < -0.39 is 0 Å². The van der Waals surface area contributed by atoms with E-state index in [1.165, 1.54) is 0 Å². The average Bonchev–Trinajstić information content (AvgIpc) is 2.91. The lowest BCUT2D eigenvalue weighted by molar-refractivity contribution is 0.0958. The fourth-order valence-electron chi connectivity index (χ4n) is 3.60. The third-order valence-corrected chi connectivity index (χ3v) is 5.05. The molecular weight excluding hydrogens is 342 g/mol. The average molecular weight is 367 g/mol. The zero-order valence-corrected chi connectivity index (χ0v) is 15.5. The lowest BCUT2D eigenvalue weighted by Crippen LogP contribution is -2.31. The number of ether oxygens (including phenoxy) is 2. The van der Waals surface area contributed by atoms with E-state index in [0.717, 1.165) is 48.0 Å². The van der Waals surface area contributed by atoms with Gasteiger partial charge in [0.25, 0.3) is 0 Å². The van der Waals surface area contributed by atoms with Crippen molar-refractivity contribution in [3.05, 3.63) is 54.4 Å². The van der Waals surface area contributed by atoms with Gasteiger partial charge in [-0.25, -0.2) is 4.98 Å². The molecule has 0 amide bonds. The summed E-state index contributed by atoms with van der Waals surface area (Å²) in [7, 11) is 1.67. The maximum absolute atomic E-state index is 9.58. The van der Waals surface area contributed by atoms with E-state index in [-0.39, 0.29) is 12.5 Å². The summed E-state index contributed by atoms with van der Waals surface area (Å²) in [6, 6.07) is 14.1. The highest BCUT2D eigenvalue weighted by molar-refractivity contribution is 5.67. The Kier molecular flexibility index (Phi) is 5.38. The number of aromatic nitrogens is 2. The second kappa shape index (κ2) is 8.08. The number of nitrogens with zero attached hydrogens (tertiary/aromatic N) is 3. The Morgan fingerprint density at radius 1 is 1.22 bits per heavy atom. The van der Waals surface area contributed by atoms with Gasteiger partial charge < -0.3 is 19.0 Å². The fraction of sp³-hybridized carbons (Fsp3) is 0.381. The second-order valence-electron chi connectivity index (χ2n) is 6.92. The van der Waals surface area contributed by atoms with E-state index >= 15 is 0 Å². The maximum atomic E-state index is 9.58. The van der Waals surface area contributed by atoms with Gasteiger partial charge in [-0.05, 0) is 36.4 Å². The highest BCUT2D eigenvalue weighted by Gasteiger charge is 2.22. The van der Waals surface area contributed by atoms with E-state index in [2.05, 4.69) is 15.5 Å². The second-order valence-corrected chi connectivity index (χ2v) is 6.92. The Bertz CT molecular complexity index is 891.